The van der Waals surface area contributed by atoms with Crippen molar-refractivity contribution in [1.29, 1.82) is 5.26 Å². The van der Waals surface area contributed by atoms with E-state index in [0.29, 0.717) is 28.6 Å². The summed E-state index contributed by atoms with van der Waals surface area (Å²) in [6, 6.07) is 11.2. The second kappa shape index (κ2) is 8.45. The topological polar surface area (TPSA) is 60.7 Å². The highest BCUT2D eigenvalue weighted by molar-refractivity contribution is 9.10. The molecule has 0 atom stereocenters. The molecule has 0 spiro atoms. The number of nitriles is 1. The maximum absolute atomic E-state index is 9.59. The zero-order chi connectivity index (χ0) is 18.4. The minimum Gasteiger partial charge on any atom is -0.493 e. The molecule has 25 heavy (non-hydrogen) atoms. The van der Waals surface area contributed by atoms with Crippen LogP contribution in [0.4, 0.5) is 0 Å². The Bertz CT molecular complexity index is 840. The molecule has 0 unspecified atom stereocenters. The molecule has 0 saturated heterocycles. The summed E-state index contributed by atoms with van der Waals surface area (Å²) in [6.07, 6.45) is 1.77. The minimum absolute atomic E-state index is 0.480. The summed E-state index contributed by atoms with van der Waals surface area (Å²) in [4.78, 5) is 0. The van der Waals surface area contributed by atoms with Crippen LogP contribution in [0.3, 0.4) is 0 Å². The number of halogens is 1. The maximum Gasteiger partial charge on any atom is 0.161 e. The quantitative estimate of drug-likeness (QED) is 0.522. The normalized spacial score (nSPS) is 10.8. The molecule has 0 amide bonds. The Morgan fingerprint density at radius 2 is 1.44 bits per heavy atom. The van der Waals surface area contributed by atoms with Gasteiger partial charge >= 0.3 is 0 Å². The maximum atomic E-state index is 9.59. The molecule has 0 aliphatic heterocycles. The molecular weight excluding hydrogens is 386 g/mol. The standard InChI is InChI=1S/C19H18BrNO4/c1-22-16-6-5-12(8-17(16)23-2)14(11-21)7-13-9-18(24-3)19(25-4)10-15(13)20/h5-10H,1-4H3/b14-7+. The Labute approximate surface area is 155 Å². The van der Waals surface area contributed by atoms with E-state index in [2.05, 4.69) is 22.0 Å². The number of hydrogen-bond donors (Lipinski definition) is 0. The van der Waals surface area contributed by atoms with E-state index in [4.69, 9.17) is 18.9 Å². The van der Waals surface area contributed by atoms with Gasteiger partial charge in [0.1, 0.15) is 0 Å². The van der Waals surface area contributed by atoms with Gasteiger partial charge in [0.25, 0.3) is 0 Å². The molecule has 0 bridgehead atoms. The highest BCUT2D eigenvalue weighted by atomic mass is 79.9. The number of hydrogen-bond acceptors (Lipinski definition) is 5. The van der Waals surface area contributed by atoms with Gasteiger partial charge in [-0.05, 0) is 47.5 Å². The van der Waals surface area contributed by atoms with Gasteiger partial charge in [-0.2, -0.15) is 5.26 Å². The lowest BCUT2D eigenvalue weighted by Crippen LogP contribution is -1.93. The number of ether oxygens (including phenoxy) is 4. The molecular formula is C19H18BrNO4. The van der Waals surface area contributed by atoms with Gasteiger partial charge in [-0.3, -0.25) is 0 Å². The van der Waals surface area contributed by atoms with Crippen molar-refractivity contribution in [2.45, 2.75) is 0 Å². The minimum atomic E-state index is 0.480. The number of nitrogens with zero attached hydrogens (tertiary/aromatic N) is 1. The molecule has 0 radical (unpaired) electrons. The summed E-state index contributed by atoms with van der Waals surface area (Å²) in [5.74, 6) is 2.36. The van der Waals surface area contributed by atoms with Crippen LogP contribution in [-0.4, -0.2) is 28.4 Å². The van der Waals surface area contributed by atoms with Gasteiger partial charge < -0.3 is 18.9 Å². The van der Waals surface area contributed by atoms with Gasteiger partial charge in [0.05, 0.1) is 40.1 Å². The van der Waals surface area contributed by atoms with Crippen LogP contribution in [0.2, 0.25) is 0 Å². The Hall–Kier alpha value is -2.65. The lowest BCUT2D eigenvalue weighted by molar-refractivity contribution is 0.354. The molecule has 0 aromatic heterocycles. The number of benzene rings is 2. The van der Waals surface area contributed by atoms with E-state index in [1.807, 2.05) is 6.07 Å². The highest BCUT2D eigenvalue weighted by Crippen LogP contribution is 2.36. The average Bonchev–Trinajstić information content (AvgIpc) is 2.66. The molecule has 0 N–H and O–H groups in total. The van der Waals surface area contributed by atoms with E-state index in [0.717, 1.165) is 15.6 Å². The van der Waals surface area contributed by atoms with Gasteiger partial charge in [-0.15, -0.1) is 0 Å². The summed E-state index contributed by atoms with van der Waals surface area (Å²) in [7, 11) is 6.27. The van der Waals surface area contributed by atoms with Crippen LogP contribution in [0.1, 0.15) is 11.1 Å². The van der Waals surface area contributed by atoms with Crippen LogP contribution in [0.5, 0.6) is 23.0 Å². The second-order valence-electron chi connectivity index (χ2n) is 4.97. The first-order chi connectivity index (χ1) is 12.1. The third kappa shape index (κ3) is 4.06. The van der Waals surface area contributed by atoms with Crippen molar-refractivity contribution >= 4 is 27.6 Å². The van der Waals surface area contributed by atoms with Gasteiger partial charge in [-0.25, -0.2) is 0 Å². The van der Waals surface area contributed by atoms with Crippen molar-refractivity contribution in [2.75, 3.05) is 28.4 Å². The SMILES string of the molecule is COc1ccc(/C(C#N)=C/c2cc(OC)c(OC)cc2Br)cc1OC. The van der Waals surface area contributed by atoms with Crippen LogP contribution in [0.15, 0.2) is 34.8 Å². The fourth-order valence-corrected chi connectivity index (χ4v) is 2.76. The molecule has 0 heterocycles. The average molecular weight is 404 g/mol. The first-order valence-electron chi connectivity index (χ1n) is 7.33. The molecule has 6 heteroatoms. The van der Waals surface area contributed by atoms with Crippen LogP contribution in [0, 0.1) is 11.3 Å². The number of allylic oxidation sites excluding steroid dienone is 1. The Balaban J connectivity index is 2.53. The summed E-state index contributed by atoms with van der Waals surface area (Å²) in [5.41, 5.74) is 2.00. The van der Waals surface area contributed by atoms with Crippen molar-refractivity contribution in [3.63, 3.8) is 0 Å². The molecule has 0 saturated carbocycles. The highest BCUT2D eigenvalue weighted by Gasteiger charge is 2.12. The molecule has 130 valence electrons. The predicted octanol–water partition coefficient (Wildman–Crippen LogP) is 4.55. The van der Waals surface area contributed by atoms with Gasteiger partial charge in [-0.1, -0.05) is 15.9 Å². The smallest absolute Gasteiger partial charge is 0.161 e. The van der Waals surface area contributed by atoms with E-state index in [1.54, 1.807) is 58.8 Å². The number of rotatable bonds is 6. The van der Waals surface area contributed by atoms with Crippen LogP contribution < -0.4 is 18.9 Å². The fraction of sp³-hybridized carbons (Fsp3) is 0.211. The van der Waals surface area contributed by atoms with Crippen LogP contribution in [-0.2, 0) is 0 Å². The van der Waals surface area contributed by atoms with Crippen LogP contribution in [0.25, 0.3) is 11.6 Å². The lowest BCUT2D eigenvalue weighted by atomic mass is 10.0. The van der Waals surface area contributed by atoms with E-state index >= 15 is 0 Å². The largest absolute Gasteiger partial charge is 0.493 e. The Morgan fingerprint density at radius 1 is 0.880 bits per heavy atom. The Kier molecular flexibility index (Phi) is 6.31. The lowest BCUT2D eigenvalue weighted by Gasteiger charge is -2.11. The van der Waals surface area contributed by atoms with Gasteiger partial charge in [0, 0.05) is 4.47 Å². The molecule has 2 aromatic rings. The molecule has 0 fully saturated rings. The van der Waals surface area contributed by atoms with Crippen molar-refractivity contribution in [1.82, 2.24) is 0 Å². The zero-order valence-corrected chi connectivity index (χ0v) is 16.0. The first-order valence-corrected chi connectivity index (χ1v) is 8.13. The number of methoxy groups -OCH3 is 4. The van der Waals surface area contributed by atoms with Crippen molar-refractivity contribution < 1.29 is 18.9 Å². The van der Waals surface area contributed by atoms with E-state index in [9.17, 15) is 5.26 Å². The first kappa shape index (κ1) is 18.7. The van der Waals surface area contributed by atoms with E-state index in [-0.39, 0.29) is 0 Å². The summed E-state index contributed by atoms with van der Waals surface area (Å²) < 4.78 is 21.9. The van der Waals surface area contributed by atoms with E-state index in [1.165, 1.54) is 0 Å². The van der Waals surface area contributed by atoms with Crippen molar-refractivity contribution in [3.05, 3.63) is 45.9 Å². The van der Waals surface area contributed by atoms with Crippen molar-refractivity contribution in [3.8, 4) is 29.1 Å². The zero-order valence-electron chi connectivity index (χ0n) is 14.4. The van der Waals surface area contributed by atoms with Gasteiger partial charge in [0.15, 0.2) is 23.0 Å². The fourth-order valence-electron chi connectivity index (χ4n) is 2.32. The summed E-state index contributed by atoms with van der Waals surface area (Å²) in [5, 5.41) is 9.59. The third-order valence-corrected chi connectivity index (χ3v) is 4.30. The molecule has 2 aromatic carbocycles. The molecule has 5 nitrogen and oxygen atoms in total. The molecule has 0 aliphatic rings. The van der Waals surface area contributed by atoms with E-state index < -0.39 is 0 Å². The molecule has 2 rings (SSSR count). The van der Waals surface area contributed by atoms with Crippen LogP contribution >= 0.6 is 15.9 Å². The molecule has 0 aliphatic carbocycles. The third-order valence-electron chi connectivity index (χ3n) is 3.62. The summed E-state index contributed by atoms with van der Waals surface area (Å²) in [6.45, 7) is 0. The Morgan fingerprint density at radius 3 is 2.00 bits per heavy atom. The van der Waals surface area contributed by atoms with Gasteiger partial charge in [0.2, 0.25) is 0 Å². The summed E-state index contributed by atoms with van der Waals surface area (Å²) >= 11 is 3.50. The van der Waals surface area contributed by atoms with Crippen molar-refractivity contribution in [2.24, 2.45) is 0 Å². The second-order valence-corrected chi connectivity index (χ2v) is 5.82. The predicted molar refractivity (Wildman–Crippen MR) is 100 cm³/mol. The monoisotopic (exact) mass is 403 g/mol.